The van der Waals surface area contributed by atoms with Gasteiger partial charge in [0.2, 0.25) is 5.79 Å². The highest BCUT2D eigenvalue weighted by molar-refractivity contribution is 6.39. The Morgan fingerprint density at radius 1 is 0.759 bits per heavy atom. The molecule has 79 heavy (non-hydrogen) atoms. The number of aliphatic carboxylic acids is 1. The number of fused-ring (bicyclic) bond motifs is 3. The number of rotatable bonds is 9. The molecule has 2 aliphatic carbocycles. The predicted octanol–water partition coefficient (Wildman–Crippen LogP) is 11.1. The van der Waals surface area contributed by atoms with E-state index in [0.717, 1.165) is 50.5 Å². The second-order valence-corrected chi connectivity index (χ2v) is 24.8. The summed E-state index contributed by atoms with van der Waals surface area (Å²) in [5, 5.41) is 33.6. The van der Waals surface area contributed by atoms with E-state index in [9.17, 15) is 44.1 Å². The lowest BCUT2D eigenvalue weighted by molar-refractivity contribution is -0.265. The molecule has 5 aliphatic rings. The number of carbonyl (C=O) groups is 6. The Morgan fingerprint density at radius 2 is 1.43 bits per heavy atom. The van der Waals surface area contributed by atoms with E-state index in [1.807, 2.05) is 58.1 Å². The third kappa shape index (κ3) is 19.6. The first-order valence-corrected chi connectivity index (χ1v) is 30.4. The van der Waals surface area contributed by atoms with Crippen LogP contribution in [0.3, 0.4) is 0 Å². The number of ether oxygens (including phenoxy) is 5. The number of ketones is 3. The highest BCUT2D eigenvalue weighted by Crippen LogP contribution is 2.41. The molecule has 3 heterocycles. The van der Waals surface area contributed by atoms with Crippen molar-refractivity contribution >= 4 is 35.2 Å². The first-order chi connectivity index (χ1) is 37.6. The number of carbonyl (C=O) groups excluding carboxylic acids is 5. The molecule has 446 valence electrons. The number of piperidine rings is 1. The SMILES string of the molecule is CO[C@H]1C[C@@H]2CC[C@@H](C)[C@@](O)(O2)C(=O)C(=O)N2CCCC[C@H]2C(=O)O[C@H]([C@H](C)C[C@@H]2CC[C@@H](OC3(CC(=O)O)CCCCCCCCCCC3)[C@H](OC)C2)CC(=O)[C@H](C)/C=C(\C)[C@@H](O)CC(=O)[C@H](C)C[C@H](C)/C=C/C=C/C=C/1C. The van der Waals surface area contributed by atoms with Crippen molar-refractivity contribution in [2.45, 2.75) is 263 Å². The van der Waals surface area contributed by atoms with Crippen LogP contribution >= 0.6 is 0 Å². The van der Waals surface area contributed by atoms with Gasteiger partial charge < -0.3 is 43.9 Å². The number of Topliss-reactive ketones (excluding diaryl/α,β-unsaturated/α-hetero) is 3. The number of aliphatic hydroxyl groups is 2. The van der Waals surface area contributed by atoms with Crippen LogP contribution in [0.1, 0.15) is 209 Å². The van der Waals surface area contributed by atoms with Gasteiger partial charge in [-0.2, -0.15) is 0 Å². The number of aliphatic hydroxyl groups excluding tert-OH is 1. The summed E-state index contributed by atoms with van der Waals surface area (Å²) in [6.07, 6.45) is 24.2. The lowest BCUT2D eigenvalue weighted by atomic mass is 9.77. The van der Waals surface area contributed by atoms with Crippen molar-refractivity contribution < 1.29 is 67.8 Å². The normalized spacial score (nSPS) is 37.1. The molecule has 14 atom stereocenters. The zero-order valence-corrected chi connectivity index (χ0v) is 49.6. The lowest BCUT2D eigenvalue weighted by Crippen LogP contribution is -2.61. The summed E-state index contributed by atoms with van der Waals surface area (Å²) in [5.41, 5.74) is 0.586. The molecule has 3 N–H and O–H groups in total. The molecule has 4 fully saturated rings. The summed E-state index contributed by atoms with van der Waals surface area (Å²) in [4.78, 5) is 85.0. The zero-order chi connectivity index (χ0) is 57.9. The van der Waals surface area contributed by atoms with Crippen LogP contribution in [0.5, 0.6) is 0 Å². The van der Waals surface area contributed by atoms with Crippen LogP contribution in [0.25, 0.3) is 0 Å². The molecule has 15 heteroatoms. The van der Waals surface area contributed by atoms with E-state index in [2.05, 4.69) is 0 Å². The minimum absolute atomic E-state index is 0.0556. The molecule has 0 aromatic heterocycles. The van der Waals surface area contributed by atoms with Gasteiger partial charge in [0.25, 0.3) is 11.7 Å². The number of carboxylic acids is 1. The number of amides is 1. The molecule has 0 radical (unpaired) electrons. The molecule has 2 saturated heterocycles. The lowest BCUT2D eigenvalue weighted by Gasteiger charge is -2.43. The van der Waals surface area contributed by atoms with Crippen molar-refractivity contribution in [2.75, 3.05) is 20.8 Å². The average molecular weight is 1110 g/mol. The maximum absolute atomic E-state index is 14.7. The van der Waals surface area contributed by atoms with E-state index in [1.54, 1.807) is 41.1 Å². The maximum Gasteiger partial charge on any atom is 0.329 e. The molecule has 1 amide bonds. The van der Waals surface area contributed by atoms with Gasteiger partial charge in [0.05, 0.1) is 42.5 Å². The molecule has 5 rings (SSSR count). The molecule has 3 aliphatic heterocycles. The van der Waals surface area contributed by atoms with Crippen LogP contribution in [0.2, 0.25) is 0 Å². The third-order valence-corrected chi connectivity index (χ3v) is 18.3. The molecule has 2 bridgehead atoms. The summed E-state index contributed by atoms with van der Waals surface area (Å²) in [6.45, 7) is 13.0. The fraction of sp³-hybridized carbons (Fsp3) is 0.781. The van der Waals surface area contributed by atoms with Crippen LogP contribution in [-0.2, 0) is 52.5 Å². The van der Waals surface area contributed by atoms with Crippen LogP contribution in [0, 0.1) is 35.5 Å². The van der Waals surface area contributed by atoms with Crippen molar-refractivity contribution in [1.82, 2.24) is 4.90 Å². The van der Waals surface area contributed by atoms with E-state index >= 15 is 0 Å². The second-order valence-electron chi connectivity index (χ2n) is 24.8. The van der Waals surface area contributed by atoms with Crippen LogP contribution in [-0.4, -0.2) is 130 Å². The Hall–Kier alpha value is -3.86. The maximum atomic E-state index is 14.7. The largest absolute Gasteiger partial charge is 0.481 e. The summed E-state index contributed by atoms with van der Waals surface area (Å²) in [6, 6.07) is -1.16. The Kier molecular flexibility index (Phi) is 26.8. The summed E-state index contributed by atoms with van der Waals surface area (Å²) in [5.74, 6) is -8.51. The van der Waals surface area contributed by atoms with Crippen molar-refractivity contribution in [3.8, 4) is 0 Å². The monoisotopic (exact) mass is 1110 g/mol. The molecule has 0 aromatic rings. The standard InChI is InChI=1S/C64H101NO14/c1-42-24-18-17-19-25-43(2)56(75-8)38-50-29-27-48(7)64(74,78-50)60(71)61(72)65-33-23-20-26-51(65)62(73)77-57(40-54(68)46(5)35-45(4)53(67)39-52(66)44(3)34-42)47(6)36-49-28-30-55(58(37-49)76-9)79-63(41-59(69)70)31-21-15-13-11-10-12-14-16-22-32-63/h17-19,24-25,35,42,44,46-51,53,55-58,67,74H,10-16,20-23,26-34,36-41H2,1-9H3,(H,69,70)/b19-17+,24-18+,43-25+,45-35+/t42-,44-,46-,47-,48-,49+,50+,51+,53+,55-,56+,57+,58-,64-/m1/s1. The van der Waals surface area contributed by atoms with E-state index < -0.39 is 77.3 Å². The van der Waals surface area contributed by atoms with Gasteiger partial charge in [-0.25, -0.2) is 4.79 Å². The van der Waals surface area contributed by atoms with Crippen molar-refractivity contribution in [2.24, 2.45) is 35.5 Å². The first-order valence-electron chi connectivity index (χ1n) is 30.4. The van der Waals surface area contributed by atoms with Gasteiger partial charge in [-0.3, -0.25) is 24.0 Å². The van der Waals surface area contributed by atoms with Crippen LogP contribution < -0.4 is 0 Å². The Bertz CT molecular complexity index is 2120. The number of hydrogen-bond donors (Lipinski definition) is 3. The fourth-order valence-electron chi connectivity index (χ4n) is 13.1. The van der Waals surface area contributed by atoms with Crippen molar-refractivity contribution in [3.63, 3.8) is 0 Å². The summed E-state index contributed by atoms with van der Waals surface area (Å²) >= 11 is 0. The van der Waals surface area contributed by atoms with Gasteiger partial charge in [-0.05, 0) is 120 Å². The van der Waals surface area contributed by atoms with Gasteiger partial charge in [-0.1, -0.05) is 129 Å². The Labute approximate surface area is 473 Å². The Balaban J connectivity index is 1.42. The molecule has 2 saturated carbocycles. The van der Waals surface area contributed by atoms with Gasteiger partial charge in [0.1, 0.15) is 23.7 Å². The number of carboxylic acid groups (broad SMARTS) is 1. The van der Waals surface area contributed by atoms with Crippen molar-refractivity contribution in [3.05, 3.63) is 47.6 Å². The second kappa shape index (κ2) is 32.1. The highest BCUT2D eigenvalue weighted by Gasteiger charge is 2.53. The van der Waals surface area contributed by atoms with Crippen molar-refractivity contribution in [1.29, 1.82) is 0 Å². The molecular formula is C64H101NO14. The highest BCUT2D eigenvalue weighted by atomic mass is 16.6. The van der Waals surface area contributed by atoms with Gasteiger partial charge in [0.15, 0.2) is 0 Å². The molecule has 0 aromatic carbocycles. The minimum atomic E-state index is -2.45. The predicted molar refractivity (Wildman–Crippen MR) is 304 cm³/mol. The van der Waals surface area contributed by atoms with Crippen LogP contribution in [0.15, 0.2) is 47.6 Å². The number of methoxy groups -OCH3 is 2. The zero-order valence-electron chi connectivity index (χ0n) is 49.6. The quantitative estimate of drug-likeness (QED) is 0.111. The Morgan fingerprint density at radius 3 is 2.08 bits per heavy atom. The number of hydrogen-bond acceptors (Lipinski definition) is 13. The average Bonchev–Trinajstić information content (AvgIpc) is 3.55. The number of esters is 1. The topological polar surface area (TPSA) is 212 Å². The third-order valence-electron chi connectivity index (χ3n) is 18.3. The van der Waals surface area contributed by atoms with Gasteiger partial charge >= 0.3 is 11.9 Å². The smallest absolute Gasteiger partial charge is 0.329 e. The molecule has 0 unspecified atom stereocenters. The fourth-order valence-corrected chi connectivity index (χ4v) is 13.1. The molecule has 15 nitrogen and oxygen atoms in total. The number of cyclic esters (lactones) is 1. The van der Waals surface area contributed by atoms with Crippen LogP contribution in [0.4, 0.5) is 0 Å². The first kappa shape index (κ1) is 65.9. The molecular weight excluding hydrogens is 1010 g/mol. The molecule has 0 spiro atoms. The van der Waals surface area contributed by atoms with Gasteiger partial charge in [0, 0.05) is 57.8 Å². The van der Waals surface area contributed by atoms with E-state index in [1.165, 1.54) is 24.2 Å². The number of allylic oxidation sites excluding steroid dienone is 6. The summed E-state index contributed by atoms with van der Waals surface area (Å²) < 4.78 is 31.7. The number of nitrogens with zero attached hydrogens (tertiary/aromatic N) is 1. The van der Waals surface area contributed by atoms with E-state index in [4.69, 9.17) is 23.7 Å². The van der Waals surface area contributed by atoms with E-state index in [-0.39, 0.29) is 79.7 Å². The van der Waals surface area contributed by atoms with E-state index in [0.29, 0.717) is 76.2 Å². The minimum Gasteiger partial charge on any atom is -0.481 e. The van der Waals surface area contributed by atoms with Gasteiger partial charge in [-0.15, -0.1) is 0 Å². The summed E-state index contributed by atoms with van der Waals surface area (Å²) in [7, 11) is 3.25.